The summed E-state index contributed by atoms with van der Waals surface area (Å²) < 4.78 is 6.33. The van der Waals surface area contributed by atoms with Crippen LogP contribution in [0.15, 0.2) is 28.1 Å². The first kappa shape index (κ1) is 12.4. The molecule has 0 radical (unpaired) electrons. The van der Waals surface area contributed by atoms with Crippen molar-refractivity contribution >= 4 is 32.4 Å². The van der Waals surface area contributed by atoms with E-state index >= 15 is 0 Å². The number of thiazole rings is 1. The van der Waals surface area contributed by atoms with E-state index in [4.69, 9.17) is 10.5 Å². The molecule has 0 amide bonds. The Kier molecular flexibility index (Phi) is 4.02. The van der Waals surface area contributed by atoms with E-state index in [2.05, 4.69) is 27.0 Å². The fourth-order valence-electron chi connectivity index (χ4n) is 1.67. The number of anilines is 1. The maximum absolute atomic E-state index is 5.66. The standard InChI is InChI=1S/C12H13BrN2OS/c1-16-10-5-3-2-4-8(10)6-7-9-11(13)17-12(14)15-9/h2-5H,6-7H2,1H3,(H2,14,15). The Morgan fingerprint density at radius 3 is 2.76 bits per heavy atom. The van der Waals surface area contributed by atoms with Crippen LogP contribution < -0.4 is 10.5 Å². The van der Waals surface area contributed by atoms with Crippen LogP contribution in [0.1, 0.15) is 11.3 Å². The molecule has 5 heteroatoms. The van der Waals surface area contributed by atoms with Gasteiger partial charge in [-0.1, -0.05) is 29.5 Å². The molecular weight excluding hydrogens is 300 g/mol. The van der Waals surface area contributed by atoms with E-state index in [0.717, 1.165) is 28.1 Å². The van der Waals surface area contributed by atoms with Crippen LogP contribution in [-0.4, -0.2) is 12.1 Å². The fraction of sp³-hybridized carbons (Fsp3) is 0.250. The second kappa shape index (κ2) is 5.51. The molecule has 0 bridgehead atoms. The molecule has 17 heavy (non-hydrogen) atoms. The molecular formula is C12H13BrN2OS. The third-order valence-electron chi connectivity index (χ3n) is 2.49. The van der Waals surface area contributed by atoms with Crippen LogP contribution in [-0.2, 0) is 12.8 Å². The number of benzene rings is 1. The Balaban J connectivity index is 2.09. The van der Waals surface area contributed by atoms with Gasteiger partial charge in [0, 0.05) is 0 Å². The normalized spacial score (nSPS) is 10.5. The number of aryl methyl sites for hydroxylation is 2. The third-order valence-corrected chi connectivity index (χ3v) is 4.15. The van der Waals surface area contributed by atoms with Gasteiger partial charge in [0.1, 0.15) is 5.75 Å². The van der Waals surface area contributed by atoms with Crippen molar-refractivity contribution in [1.82, 2.24) is 4.98 Å². The molecule has 0 unspecified atom stereocenters. The van der Waals surface area contributed by atoms with Crippen LogP contribution in [0.2, 0.25) is 0 Å². The molecule has 0 atom stereocenters. The van der Waals surface area contributed by atoms with Crippen molar-refractivity contribution < 1.29 is 4.74 Å². The smallest absolute Gasteiger partial charge is 0.181 e. The monoisotopic (exact) mass is 312 g/mol. The molecule has 2 N–H and O–H groups in total. The first-order valence-corrected chi connectivity index (χ1v) is 6.84. The zero-order valence-electron chi connectivity index (χ0n) is 9.44. The van der Waals surface area contributed by atoms with Gasteiger partial charge < -0.3 is 10.5 Å². The van der Waals surface area contributed by atoms with Crippen molar-refractivity contribution in [3.05, 3.63) is 39.3 Å². The summed E-state index contributed by atoms with van der Waals surface area (Å²) in [6, 6.07) is 8.03. The summed E-state index contributed by atoms with van der Waals surface area (Å²) in [5, 5.41) is 0.604. The van der Waals surface area contributed by atoms with Gasteiger partial charge in [-0.2, -0.15) is 0 Å². The molecule has 0 fully saturated rings. The summed E-state index contributed by atoms with van der Waals surface area (Å²) in [5.74, 6) is 0.923. The van der Waals surface area contributed by atoms with E-state index in [1.165, 1.54) is 16.9 Å². The maximum Gasteiger partial charge on any atom is 0.181 e. The highest BCUT2D eigenvalue weighted by atomic mass is 79.9. The lowest BCUT2D eigenvalue weighted by Crippen LogP contribution is -1.96. The number of rotatable bonds is 4. The number of para-hydroxylation sites is 1. The van der Waals surface area contributed by atoms with E-state index in [1.807, 2.05) is 18.2 Å². The molecule has 2 aromatic rings. The summed E-state index contributed by atoms with van der Waals surface area (Å²) >= 11 is 4.94. The highest BCUT2D eigenvalue weighted by Crippen LogP contribution is 2.28. The number of methoxy groups -OCH3 is 1. The zero-order valence-corrected chi connectivity index (χ0v) is 11.8. The highest BCUT2D eigenvalue weighted by Gasteiger charge is 2.08. The van der Waals surface area contributed by atoms with Crippen LogP contribution >= 0.6 is 27.3 Å². The van der Waals surface area contributed by atoms with E-state index in [0.29, 0.717) is 5.13 Å². The fourth-order valence-corrected chi connectivity index (χ4v) is 3.06. The van der Waals surface area contributed by atoms with Gasteiger partial charge >= 0.3 is 0 Å². The Hall–Kier alpha value is -1.07. The van der Waals surface area contributed by atoms with E-state index in [-0.39, 0.29) is 0 Å². The average Bonchev–Trinajstić information content (AvgIpc) is 2.65. The Labute approximate surface area is 113 Å². The predicted octanol–water partition coefficient (Wildman–Crippen LogP) is 3.28. The first-order valence-electron chi connectivity index (χ1n) is 5.23. The minimum atomic E-state index is 0.604. The highest BCUT2D eigenvalue weighted by molar-refractivity contribution is 9.11. The Morgan fingerprint density at radius 1 is 1.35 bits per heavy atom. The number of aromatic nitrogens is 1. The first-order chi connectivity index (χ1) is 8.20. The van der Waals surface area contributed by atoms with Crippen LogP contribution in [0.5, 0.6) is 5.75 Å². The van der Waals surface area contributed by atoms with Crippen molar-refractivity contribution in [2.24, 2.45) is 0 Å². The molecule has 90 valence electrons. The van der Waals surface area contributed by atoms with Crippen LogP contribution in [0.4, 0.5) is 5.13 Å². The molecule has 1 heterocycles. The van der Waals surface area contributed by atoms with Crippen molar-refractivity contribution in [3.8, 4) is 5.75 Å². The summed E-state index contributed by atoms with van der Waals surface area (Å²) in [4.78, 5) is 4.29. The largest absolute Gasteiger partial charge is 0.496 e. The Bertz CT molecular complexity index is 513. The van der Waals surface area contributed by atoms with Gasteiger partial charge in [-0.25, -0.2) is 4.98 Å². The molecule has 1 aromatic carbocycles. The molecule has 1 aromatic heterocycles. The van der Waals surface area contributed by atoms with Crippen molar-refractivity contribution in [2.45, 2.75) is 12.8 Å². The number of hydrogen-bond donors (Lipinski definition) is 1. The lowest BCUT2D eigenvalue weighted by atomic mass is 10.1. The summed E-state index contributed by atoms with van der Waals surface area (Å²) in [6.07, 6.45) is 1.75. The quantitative estimate of drug-likeness (QED) is 0.942. The summed E-state index contributed by atoms with van der Waals surface area (Å²) in [5.41, 5.74) is 7.86. The molecule has 2 rings (SSSR count). The van der Waals surface area contributed by atoms with Gasteiger partial charge in [-0.3, -0.25) is 0 Å². The third kappa shape index (κ3) is 2.98. The van der Waals surface area contributed by atoms with Gasteiger partial charge in [0.25, 0.3) is 0 Å². The molecule has 3 nitrogen and oxygen atoms in total. The van der Waals surface area contributed by atoms with Crippen LogP contribution in [0.3, 0.4) is 0 Å². The zero-order chi connectivity index (χ0) is 12.3. The number of nitrogen functional groups attached to an aromatic ring is 1. The van der Waals surface area contributed by atoms with E-state index < -0.39 is 0 Å². The molecule has 0 aliphatic rings. The average molecular weight is 313 g/mol. The van der Waals surface area contributed by atoms with Gasteiger partial charge in [-0.15, -0.1) is 0 Å². The van der Waals surface area contributed by atoms with Gasteiger partial charge in [0.15, 0.2) is 5.13 Å². The van der Waals surface area contributed by atoms with E-state index in [9.17, 15) is 0 Å². The second-order valence-electron chi connectivity index (χ2n) is 3.58. The van der Waals surface area contributed by atoms with Crippen molar-refractivity contribution in [3.63, 3.8) is 0 Å². The molecule has 0 aliphatic heterocycles. The van der Waals surface area contributed by atoms with Crippen LogP contribution in [0.25, 0.3) is 0 Å². The molecule has 0 saturated heterocycles. The van der Waals surface area contributed by atoms with Gasteiger partial charge in [-0.05, 0) is 40.4 Å². The number of halogens is 1. The number of nitrogens with zero attached hydrogens (tertiary/aromatic N) is 1. The molecule has 0 aliphatic carbocycles. The predicted molar refractivity (Wildman–Crippen MR) is 74.6 cm³/mol. The lowest BCUT2D eigenvalue weighted by Gasteiger charge is -2.06. The number of ether oxygens (including phenoxy) is 1. The van der Waals surface area contributed by atoms with Crippen LogP contribution in [0, 0.1) is 0 Å². The Morgan fingerprint density at radius 2 is 2.12 bits per heavy atom. The number of nitrogens with two attached hydrogens (primary N) is 1. The van der Waals surface area contributed by atoms with E-state index in [1.54, 1.807) is 7.11 Å². The van der Waals surface area contributed by atoms with Gasteiger partial charge in [0.05, 0.1) is 16.6 Å². The molecule has 0 spiro atoms. The maximum atomic E-state index is 5.66. The summed E-state index contributed by atoms with van der Waals surface area (Å²) in [6.45, 7) is 0. The van der Waals surface area contributed by atoms with Gasteiger partial charge in [0.2, 0.25) is 0 Å². The number of hydrogen-bond acceptors (Lipinski definition) is 4. The minimum absolute atomic E-state index is 0.604. The minimum Gasteiger partial charge on any atom is -0.496 e. The lowest BCUT2D eigenvalue weighted by molar-refractivity contribution is 0.409. The van der Waals surface area contributed by atoms with Crippen molar-refractivity contribution in [2.75, 3.05) is 12.8 Å². The second-order valence-corrected chi connectivity index (χ2v) is 5.93. The summed E-state index contributed by atoms with van der Waals surface area (Å²) in [7, 11) is 1.69. The SMILES string of the molecule is COc1ccccc1CCc1nc(N)sc1Br. The molecule has 0 saturated carbocycles. The van der Waals surface area contributed by atoms with Crippen molar-refractivity contribution in [1.29, 1.82) is 0 Å². The topological polar surface area (TPSA) is 48.1 Å².